The predicted octanol–water partition coefficient (Wildman–Crippen LogP) is 4.15. The molecule has 2 aromatic rings. The monoisotopic (exact) mass is 288 g/mol. The molecule has 1 aromatic carbocycles. The number of H-pyrrole nitrogens is 1. The number of thioether (sulfide) groups is 1. The molecule has 4 heteroatoms. The minimum atomic E-state index is 0.225. The van der Waals surface area contributed by atoms with E-state index in [9.17, 15) is 4.79 Å². The lowest BCUT2D eigenvalue weighted by Crippen LogP contribution is -2.02. The van der Waals surface area contributed by atoms with E-state index in [1.165, 1.54) is 12.8 Å². The highest BCUT2D eigenvalue weighted by atomic mass is 32.2. The van der Waals surface area contributed by atoms with Crippen molar-refractivity contribution in [3.8, 4) is 0 Å². The number of ketones is 1. The fourth-order valence-corrected chi connectivity index (χ4v) is 3.06. The summed E-state index contributed by atoms with van der Waals surface area (Å²) >= 11 is 1.83. The Kier molecular flexibility index (Phi) is 3.83. The van der Waals surface area contributed by atoms with Gasteiger partial charge >= 0.3 is 0 Å². The summed E-state index contributed by atoms with van der Waals surface area (Å²) in [6.07, 6.45) is 3.08. The topological polar surface area (TPSA) is 45.8 Å². The van der Waals surface area contributed by atoms with Crippen molar-refractivity contribution < 1.29 is 4.79 Å². The Morgan fingerprint density at radius 1 is 1.45 bits per heavy atom. The van der Waals surface area contributed by atoms with Gasteiger partial charge in [-0.05, 0) is 36.3 Å². The first-order chi connectivity index (χ1) is 9.63. The van der Waals surface area contributed by atoms with Gasteiger partial charge in [-0.1, -0.05) is 13.8 Å². The number of imidazole rings is 1. The van der Waals surface area contributed by atoms with Crippen LogP contribution < -0.4 is 0 Å². The van der Waals surface area contributed by atoms with Crippen molar-refractivity contribution >= 4 is 28.6 Å². The maximum Gasteiger partial charge on any atom is 0.163 e. The Morgan fingerprint density at radius 3 is 2.95 bits per heavy atom. The van der Waals surface area contributed by atoms with Crippen molar-refractivity contribution in [3.05, 3.63) is 29.6 Å². The molecule has 0 spiro atoms. The molecule has 1 aromatic heterocycles. The van der Waals surface area contributed by atoms with Crippen LogP contribution in [0.1, 0.15) is 55.2 Å². The van der Waals surface area contributed by atoms with Crippen LogP contribution in [-0.2, 0) is 0 Å². The number of carbonyl (C=O) groups is 1. The summed E-state index contributed by atoms with van der Waals surface area (Å²) in [7, 11) is 0. The normalized spacial score (nSPS) is 15.2. The molecule has 1 aliphatic carbocycles. The number of rotatable bonds is 6. The number of hydrogen-bond acceptors (Lipinski definition) is 3. The highest BCUT2D eigenvalue weighted by Crippen LogP contribution is 2.39. The Hall–Kier alpha value is -1.29. The van der Waals surface area contributed by atoms with Gasteiger partial charge < -0.3 is 4.98 Å². The average molecular weight is 288 g/mol. The van der Waals surface area contributed by atoms with Crippen LogP contribution in [0.15, 0.2) is 18.2 Å². The average Bonchev–Trinajstić information content (AvgIpc) is 3.17. The molecule has 0 amide bonds. The molecule has 1 fully saturated rings. The Morgan fingerprint density at radius 2 is 2.25 bits per heavy atom. The summed E-state index contributed by atoms with van der Waals surface area (Å²) in [5.41, 5.74) is 2.77. The van der Waals surface area contributed by atoms with Crippen molar-refractivity contribution in [3.63, 3.8) is 0 Å². The smallest absolute Gasteiger partial charge is 0.163 e. The maximum atomic E-state index is 12.2. The molecule has 20 heavy (non-hydrogen) atoms. The van der Waals surface area contributed by atoms with Crippen molar-refractivity contribution in [2.75, 3.05) is 5.75 Å². The number of aromatic amines is 1. The van der Waals surface area contributed by atoms with Crippen molar-refractivity contribution in [1.82, 2.24) is 9.97 Å². The van der Waals surface area contributed by atoms with Crippen LogP contribution in [0.5, 0.6) is 0 Å². The molecule has 0 atom stereocenters. The molecule has 106 valence electrons. The Labute approximate surface area is 123 Å². The zero-order valence-electron chi connectivity index (χ0n) is 12.0. The van der Waals surface area contributed by atoms with E-state index in [1.807, 2.05) is 30.0 Å². The predicted molar refractivity (Wildman–Crippen MR) is 84.6 cm³/mol. The molecule has 1 heterocycles. The van der Waals surface area contributed by atoms with Crippen LogP contribution in [0.4, 0.5) is 0 Å². The van der Waals surface area contributed by atoms with Gasteiger partial charge in [0, 0.05) is 23.7 Å². The summed E-state index contributed by atoms with van der Waals surface area (Å²) < 4.78 is 0. The number of nitrogens with zero attached hydrogens (tertiary/aromatic N) is 1. The van der Waals surface area contributed by atoms with Crippen molar-refractivity contribution in [1.29, 1.82) is 0 Å². The number of carbonyl (C=O) groups excluding carboxylic acids is 1. The van der Waals surface area contributed by atoms with E-state index >= 15 is 0 Å². The molecule has 0 aliphatic heterocycles. The van der Waals surface area contributed by atoms with Gasteiger partial charge in [-0.15, -0.1) is 0 Å². The first-order valence-corrected chi connectivity index (χ1v) is 8.33. The number of aromatic nitrogens is 2. The van der Waals surface area contributed by atoms with E-state index in [2.05, 4.69) is 23.8 Å². The third-order valence-corrected chi connectivity index (χ3v) is 4.67. The fraction of sp³-hybridized carbons (Fsp3) is 0.500. The molecule has 0 saturated heterocycles. The zero-order valence-corrected chi connectivity index (χ0v) is 12.8. The molecular formula is C16H20N2OS. The minimum absolute atomic E-state index is 0.225. The van der Waals surface area contributed by atoms with Gasteiger partial charge in [-0.3, -0.25) is 4.79 Å². The van der Waals surface area contributed by atoms with E-state index in [0.29, 0.717) is 17.6 Å². The number of Topliss-reactive ketones (excluding diaryl/α,β-unsaturated/α-hetero) is 1. The van der Waals surface area contributed by atoms with Gasteiger partial charge in [-0.2, -0.15) is 11.8 Å². The van der Waals surface area contributed by atoms with Crippen LogP contribution >= 0.6 is 11.8 Å². The van der Waals surface area contributed by atoms with Crippen LogP contribution in [0.3, 0.4) is 0 Å². The zero-order chi connectivity index (χ0) is 14.1. The molecule has 3 rings (SSSR count). The number of nitrogens with one attached hydrogen (secondary N) is 1. The van der Waals surface area contributed by atoms with Crippen LogP contribution in [-0.4, -0.2) is 26.8 Å². The number of benzene rings is 1. The van der Waals surface area contributed by atoms with Gasteiger partial charge in [0.25, 0.3) is 0 Å². The second-order valence-electron chi connectivity index (χ2n) is 5.72. The lowest BCUT2D eigenvalue weighted by Gasteiger charge is -2.04. The largest absolute Gasteiger partial charge is 0.342 e. The molecule has 0 bridgehead atoms. The Bertz CT molecular complexity index is 628. The quantitative estimate of drug-likeness (QED) is 0.812. The molecule has 1 N–H and O–H groups in total. The summed E-state index contributed by atoms with van der Waals surface area (Å²) in [5, 5.41) is 0.582. The highest BCUT2D eigenvalue weighted by Gasteiger charge is 2.26. The van der Waals surface area contributed by atoms with Gasteiger partial charge in [0.05, 0.1) is 11.0 Å². The summed E-state index contributed by atoms with van der Waals surface area (Å²) in [6, 6.07) is 5.82. The van der Waals surface area contributed by atoms with E-state index in [-0.39, 0.29) is 5.78 Å². The van der Waals surface area contributed by atoms with Crippen LogP contribution in [0.2, 0.25) is 0 Å². The molecule has 1 aliphatic rings. The number of hydrogen-bond donors (Lipinski definition) is 1. The van der Waals surface area contributed by atoms with Gasteiger partial charge in [-0.25, -0.2) is 4.98 Å². The summed E-state index contributed by atoms with van der Waals surface area (Å²) in [4.78, 5) is 20.1. The van der Waals surface area contributed by atoms with E-state index < -0.39 is 0 Å². The van der Waals surface area contributed by atoms with Crippen LogP contribution in [0.25, 0.3) is 11.0 Å². The minimum Gasteiger partial charge on any atom is -0.342 e. The van der Waals surface area contributed by atoms with Crippen molar-refractivity contribution in [2.24, 2.45) is 0 Å². The van der Waals surface area contributed by atoms with E-state index in [0.717, 1.165) is 28.2 Å². The second kappa shape index (κ2) is 5.60. The SMILES string of the molecule is CC(C)SCCC(=O)c1ccc2nc(C3CC3)[nH]c2c1. The first-order valence-electron chi connectivity index (χ1n) is 7.28. The van der Waals surface area contributed by atoms with Gasteiger partial charge in [0.1, 0.15) is 5.82 Å². The standard InChI is InChI=1S/C16H20N2OS/c1-10(2)20-8-7-15(19)12-5-6-13-14(9-12)18-16(17-13)11-3-4-11/h5-6,9-11H,3-4,7-8H2,1-2H3,(H,17,18). The summed E-state index contributed by atoms with van der Waals surface area (Å²) in [6.45, 7) is 4.32. The fourth-order valence-electron chi connectivity index (χ4n) is 2.28. The van der Waals surface area contributed by atoms with Gasteiger partial charge in [0.2, 0.25) is 0 Å². The third-order valence-electron chi connectivity index (χ3n) is 3.57. The lowest BCUT2D eigenvalue weighted by molar-refractivity contribution is 0.0989. The molecule has 1 saturated carbocycles. The van der Waals surface area contributed by atoms with Crippen molar-refractivity contribution in [2.45, 2.75) is 44.3 Å². The maximum absolute atomic E-state index is 12.2. The third kappa shape index (κ3) is 3.06. The number of fused-ring (bicyclic) bond motifs is 1. The van der Waals surface area contributed by atoms with E-state index in [4.69, 9.17) is 0 Å². The van der Waals surface area contributed by atoms with Gasteiger partial charge in [0.15, 0.2) is 5.78 Å². The second-order valence-corrected chi connectivity index (χ2v) is 7.41. The highest BCUT2D eigenvalue weighted by molar-refractivity contribution is 7.99. The first kappa shape index (κ1) is 13.7. The lowest BCUT2D eigenvalue weighted by atomic mass is 10.1. The molecular weight excluding hydrogens is 268 g/mol. The molecule has 0 unspecified atom stereocenters. The Balaban J connectivity index is 1.72. The van der Waals surface area contributed by atoms with Crippen LogP contribution in [0, 0.1) is 0 Å². The molecule has 0 radical (unpaired) electrons. The summed E-state index contributed by atoms with van der Waals surface area (Å²) in [5.74, 6) is 2.82. The van der Waals surface area contributed by atoms with E-state index in [1.54, 1.807) is 0 Å². The molecule has 3 nitrogen and oxygen atoms in total.